The molecule has 0 saturated heterocycles. The predicted octanol–water partition coefficient (Wildman–Crippen LogP) is 14.6. The Morgan fingerprint density at radius 3 is 2.00 bits per heavy atom. The lowest BCUT2D eigenvalue weighted by Crippen LogP contribution is -2.37. The molecule has 5 heteroatoms. The summed E-state index contributed by atoms with van der Waals surface area (Å²) in [6.07, 6.45) is 0. The van der Waals surface area contributed by atoms with Crippen LogP contribution in [-0.2, 0) is 16.2 Å². The highest BCUT2D eigenvalue weighted by molar-refractivity contribution is 6.74. The molecule has 0 amide bonds. The van der Waals surface area contributed by atoms with Gasteiger partial charge in [0.25, 0.3) is 0 Å². The van der Waals surface area contributed by atoms with Crippen LogP contribution in [0.15, 0.2) is 148 Å². The second kappa shape index (κ2) is 12.6. The normalized spacial score (nSPS) is 14.2. The van der Waals surface area contributed by atoms with Gasteiger partial charge in [-0.25, -0.2) is 0 Å². The van der Waals surface area contributed by atoms with E-state index in [9.17, 15) is 0 Å². The fourth-order valence-electron chi connectivity index (χ4n) is 11.3. The SMILES string of the molecule is CC(C)(C)c1ccc(Nc2cc3c(cc2-c2c4c5c(c6cc(C(C)(C)C)ccc6n5-c5cc6oc7ccccc7c6cc5B4)c4c2oc2ccccc24)-c2ccccc2C3(C)C)cc1. The molecule has 0 radical (unpaired) electrons. The van der Waals surface area contributed by atoms with Crippen LogP contribution in [0, 0.1) is 0 Å². The molecule has 0 saturated carbocycles. The zero-order chi connectivity index (χ0) is 43.6. The molecule has 0 bridgehead atoms. The van der Waals surface area contributed by atoms with Gasteiger partial charge >= 0.3 is 0 Å². The van der Waals surface area contributed by atoms with Gasteiger partial charge in [0.1, 0.15) is 22.3 Å². The molecule has 4 nitrogen and oxygen atoms in total. The van der Waals surface area contributed by atoms with Crippen molar-refractivity contribution in [2.24, 2.45) is 0 Å². The molecule has 0 spiro atoms. The molecular weight excluding hydrogens is 779 g/mol. The van der Waals surface area contributed by atoms with E-state index in [1.54, 1.807) is 0 Å². The lowest BCUT2D eigenvalue weighted by atomic mass is 9.58. The maximum absolute atomic E-state index is 7.31. The van der Waals surface area contributed by atoms with Crippen LogP contribution in [0.1, 0.15) is 77.6 Å². The summed E-state index contributed by atoms with van der Waals surface area (Å²) >= 11 is 0. The number of hydrogen-bond acceptors (Lipinski definition) is 3. The summed E-state index contributed by atoms with van der Waals surface area (Å²) in [5.74, 6) is 0. The molecule has 4 heterocycles. The smallest absolute Gasteiger partial charge is 0.198 e. The zero-order valence-corrected chi connectivity index (χ0v) is 37.7. The fourth-order valence-corrected chi connectivity index (χ4v) is 11.3. The summed E-state index contributed by atoms with van der Waals surface area (Å²) in [5.41, 5.74) is 21.9. The van der Waals surface area contributed by atoms with E-state index in [-0.39, 0.29) is 16.2 Å². The van der Waals surface area contributed by atoms with Crippen LogP contribution >= 0.6 is 0 Å². The van der Waals surface area contributed by atoms with Gasteiger partial charge in [0.15, 0.2) is 7.28 Å². The molecule has 13 rings (SSSR count). The minimum absolute atomic E-state index is 0.0401. The number of hydrogen-bond donors (Lipinski definition) is 1. The van der Waals surface area contributed by atoms with Gasteiger partial charge in [-0.05, 0) is 98.2 Å². The topological polar surface area (TPSA) is 43.2 Å². The van der Waals surface area contributed by atoms with E-state index < -0.39 is 0 Å². The first kappa shape index (κ1) is 37.6. The van der Waals surface area contributed by atoms with Crippen LogP contribution in [0.4, 0.5) is 11.4 Å². The Balaban J connectivity index is 1.20. The van der Waals surface area contributed by atoms with Crippen molar-refractivity contribution in [3.8, 4) is 27.9 Å². The number of rotatable bonds is 3. The highest BCUT2D eigenvalue weighted by Gasteiger charge is 2.38. The van der Waals surface area contributed by atoms with Crippen molar-refractivity contribution in [3.05, 3.63) is 162 Å². The minimum Gasteiger partial charge on any atom is -0.456 e. The summed E-state index contributed by atoms with van der Waals surface area (Å²) in [5, 5.41) is 11.1. The van der Waals surface area contributed by atoms with E-state index in [1.165, 1.54) is 71.8 Å². The molecular formula is C59H49BN2O2. The van der Waals surface area contributed by atoms with Crippen molar-refractivity contribution >= 4 is 95.3 Å². The summed E-state index contributed by atoms with van der Waals surface area (Å²) in [6.45, 7) is 18.5. The van der Waals surface area contributed by atoms with Crippen LogP contribution in [0.5, 0.6) is 0 Å². The summed E-state index contributed by atoms with van der Waals surface area (Å²) in [4.78, 5) is 0. The third kappa shape index (κ3) is 5.12. The number of nitrogens with one attached hydrogen (secondary N) is 1. The number of nitrogens with zero attached hydrogens (tertiary/aromatic N) is 1. The number of benzene rings is 8. The first-order valence-corrected chi connectivity index (χ1v) is 22.8. The highest BCUT2D eigenvalue weighted by Crippen LogP contribution is 2.54. The van der Waals surface area contributed by atoms with Gasteiger partial charge < -0.3 is 18.7 Å². The van der Waals surface area contributed by atoms with E-state index in [2.05, 4.69) is 205 Å². The van der Waals surface area contributed by atoms with Crippen molar-refractivity contribution in [3.63, 3.8) is 0 Å². The molecule has 1 aliphatic carbocycles. The van der Waals surface area contributed by atoms with Gasteiger partial charge in [0.2, 0.25) is 0 Å². The van der Waals surface area contributed by atoms with E-state index in [1.807, 2.05) is 0 Å². The lowest BCUT2D eigenvalue weighted by molar-refractivity contribution is 0.590. The summed E-state index contributed by atoms with van der Waals surface area (Å²) in [7, 11) is 0.727. The van der Waals surface area contributed by atoms with Gasteiger partial charge in [0, 0.05) is 72.0 Å². The van der Waals surface area contributed by atoms with Crippen molar-refractivity contribution in [1.82, 2.24) is 4.57 Å². The van der Waals surface area contributed by atoms with Gasteiger partial charge in [-0.3, -0.25) is 0 Å². The van der Waals surface area contributed by atoms with Crippen LogP contribution in [-0.4, -0.2) is 11.8 Å². The third-order valence-corrected chi connectivity index (χ3v) is 14.7. The number of fused-ring (bicyclic) bond motifs is 15. The molecule has 11 aromatic rings. The van der Waals surface area contributed by atoms with Crippen molar-refractivity contribution in [2.75, 3.05) is 5.32 Å². The Morgan fingerprint density at radius 1 is 0.547 bits per heavy atom. The molecule has 0 atom stereocenters. The molecule has 0 fully saturated rings. The quantitative estimate of drug-likeness (QED) is 0.180. The molecule has 64 heavy (non-hydrogen) atoms. The monoisotopic (exact) mass is 828 g/mol. The van der Waals surface area contributed by atoms with Gasteiger partial charge in [0.05, 0.1) is 11.0 Å². The van der Waals surface area contributed by atoms with Gasteiger partial charge in [-0.1, -0.05) is 146 Å². The Labute approximate surface area is 373 Å². The van der Waals surface area contributed by atoms with Crippen LogP contribution in [0.2, 0.25) is 0 Å². The Kier molecular flexibility index (Phi) is 7.40. The number of anilines is 2. The third-order valence-electron chi connectivity index (χ3n) is 14.7. The van der Waals surface area contributed by atoms with Crippen LogP contribution in [0.25, 0.3) is 93.6 Å². The lowest BCUT2D eigenvalue weighted by Gasteiger charge is -2.26. The van der Waals surface area contributed by atoms with Gasteiger partial charge in [-0.2, -0.15) is 0 Å². The van der Waals surface area contributed by atoms with E-state index in [0.29, 0.717) is 0 Å². The number of para-hydroxylation sites is 2. The summed E-state index contributed by atoms with van der Waals surface area (Å²) < 4.78 is 16.5. The minimum atomic E-state index is -0.182. The number of furan rings is 2. The van der Waals surface area contributed by atoms with Crippen LogP contribution in [0.3, 0.4) is 0 Å². The zero-order valence-electron chi connectivity index (χ0n) is 37.7. The first-order valence-electron chi connectivity index (χ1n) is 22.8. The average Bonchev–Trinajstić information content (AvgIpc) is 4.00. The second-order valence-corrected chi connectivity index (χ2v) is 21.0. The van der Waals surface area contributed by atoms with Crippen LogP contribution < -0.4 is 16.2 Å². The van der Waals surface area contributed by atoms with Crippen molar-refractivity contribution < 1.29 is 8.83 Å². The molecule has 2 aliphatic rings. The second-order valence-electron chi connectivity index (χ2n) is 21.0. The average molecular weight is 829 g/mol. The molecule has 1 aliphatic heterocycles. The van der Waals surface area contributed by atoms with Crippen molar-refractivity contribution in [1.29, 1.82) is 0 Å². The molecule has 0 unspecified atom stereocenters. The maximum Gasteiger partial charge on any atom is 0.198 e. The van der Waals surface area contributed by atoms with Crippen molar-refractivity contribution in [2.45, 2.75) is 71.6 Å². The molecule has 3 aromatic heterocycles. The van der Waals surface area contributed by atoms with E-state index in [0.717, 1.165) is 73.7 Å². The Bertz CT molecular complexity index is 3820. The maximum atomic E-state index is 7.31. The molecule has 8 aromatic carbocycles. The highest BCUT2D eigenvalue weighted by atomic mass is 16.3. The molecule has 310 valence electrons. The Morgan fingerprint density at radius 2 is 1.23 bits per heavy atom. The first-order chi connectivity index (χ1) is 30.7. The van der Waals surface area contributed by atoms with E-state index >= 15 is 0 Å². The largest absolute Gasteiger partial charge is 0.456 e. The predicted molar refractivity (Wildman–Crippen MR) is 272 cm³/mol. The Hall–Kier alpha value is -6.98. The van der Waals surface area contributed by atoms with Gasteiger partial charge in [-0.15, -0.1) is 0 Å². The number of aromatic nitrogens is 1. The molecule has 1 N–H and O–H groups in total. The summed E-state index contributed by atoms with van der Waals surface area (Å²) in [6, 6.07) is 51.8. The van der Waals surface area contributed by atoms with E-state index in [4.69, 9.17) is 8.83 Å². The fraction of sp³-hybridized carbons (Fsp3) is 0.186. The standard InChI is InChI=1S/C59H49BN2O2/c1-57(2,3)32-21-24-34(25-22-32)61-45-30-43-38(35-15-9-12-18-42(35)59(43,7)8)28-40(45)53-54-55-51(52-37-17-11-14-20-49(37)64-56(52)53)41-27-33(58(4,5)6)23-26-46(41)62(55)47-31-50-39(29-44(47)60-54)36-16-10-13-19-48(36)63-50/h9-31,60-61H,1-8H3.